The fourth-order valence-corrected chi connectivity index (χ4v) is 2.11. The molecule has 3 N–H and O–H groups in total. The number of sulfonamides is 1. The number of aromatic nitrogens is 2. The highest BCUT2D eigenvalue weighted by molar-refractivity contribution is 7.89. The Morgan fingerprint density at radius 3 is 2.40 bits per heavy atom. The standard InChI is InChI=1S/C12H23N5O2S/c1-12(2,3)11-15-9(13)8-10(16-11)14-6-7-20(18,19)17(4)5/h8H,6-7H2,1-5H3,(H3,13,14,15,16). The lowest BCUT2D eigenvalue weighted by Gasteiger charge is -2.18. The molecule has 0 saturated carbocycles. The minimum absolute atomic E-state index is 0.00520. The predicted molar refractivity (Wildman–Crippen MR) is 81.1 cm³/mol. The number of nitrogens with two attached hydrogens (primary N) is 1. The zero-order valence-corrected chi connectivity index (χ0v) is 13.5. The number of hydrogen-bond acceptors (Lipinski definition) is 6. The topological polar surface area (TPSA) is 101 Å². The summed E-state index contributed by atoms with van der Waals surface area (Å²) in [5, 5.41) is 2.97. The molecule has 0 aromatic carbocycles. The van der Waals surface area contributed by atoms with E-state index in [1.165, 1.54) is 18.4 Å². The van der Waals surface area contributed by atoms with E-state index in [0.717, 1.165) is 0 Å². The molecule has 0 aliphatic rings. The summed E-state index contributed by atoms with van der Waals surface area (Å²) < 4.78 is 24.5. The van der Waals surface area contributed by atoms with Gasteiger partial charge in [-0.15, -0.1) is 0 Å². The molecule has 0 atom stereocenters. The molecule has 0 unspecified atom stereocenters. The predicted octanol–water partition coefficient (Wildman–Crippen LogP) is 0.660. The van der Waals surface area contributed by atoms with Gasteiger partial charge in [0.15, 0.2) is 0 Å². The van der Waals surface area contributed by atoms with E-state index in [-0.39, 0.29) is 17.7 Å². The number of anilines is 2. The Morgan fingerprint density at radius 2 is 1.90 bits per heavy atom. The molecule has 1 rings (SSSR count). The molecule has 8 heteroatoms. The highest BCUT2D eigenvalue weighted by Gasteiger charge is 2.19. The third-order valence-electron chi connectivity index (χ3n) is 2.64. The first-order valence-electron chi connectivity index (χ1n) is 6.31. The van der Waals surface area contributed by atoms with E-state index in [9.17, 15) is 8.42 Å². The summed E-state index contributed by atoms with van der Waals surface area (Å²) in [7, 11) is -0.202. The molecule has 0 aliphatic heterocycles. The lowest BCUT2D eigenvalue weighted by atomic mass is 9.96. The first-order valence-corrected chi connectivity index (χ1v) is 7.92. The van der Waals surface area contributed by atoms with Gasteiger partial charge in [-0.2, -0.15) is 0 Å². The van der Waals surface area contributed by atoms with E-state index in [2.05, 4.69) is 15.3 Å². The van der Waals surface area contributed by atoms with Gasteiger partial charge in [0.25, 0.3) is 0 Å². The third-order valence-corrected chi connectivity index (χ3v) is 4.47. The van der Waals surface area contributed by atoms with Crippen LogP contribution in [-0.2, 0) is 15.4 Å². The van der Waals surface area contributed by atoms with Crippen LogP contribution in [0, 0.1) is 0 Å². The molecule has 0 saturated heterocycles. The smallest absolute Gasteiger partial charge is 0.215 e. The van der Waals surface area contributed by atoms with Crippen LogP contribution in [0.1, 0.15) is 26.6 Å². The van der Waals surface area contributed by atoms with Crippen molar-refractivity contribution in [3.05, 3.63) is 11.9 Å². The Morgan fingerprint density at radius 1 is 1.30 bits per heavy atom. The van der Waals surface area contributed by atoms with E-state index < -0.39 is 10.0 Å². The zero-order chi connectivity index (χ0) is 15.6. The summed E-state index contributed by atoms with van der Waals surface area (Å²) in [6.45, 7) is 6.23. The maximum absolute atomic E-state index is 11.6. The van der Waals surface area contributed by atoms with Crippen molar-refractivity contribution in [2.75, 3.05) is 37.4 Å². The number of nitrogens with one attached hydrogen (secondary N) is 1. The molecule has 0 fully saturated rings. The summed E-state index contributed by atoms with van der Waals surface area (Å²) in [4.78, 5) is 8.55. The van der Waals surface area contributed by atoms with Crippen LogP contribution in [0.3, 0.4) is 0 Å². The van der Waals surface area contributed by atoms with Gasteiger partial charge in [-0.05, 0) is 0 Å². The lowest BCUT2D eigenvalue weighted by Crippen LogP contribution is -2.28. The molecule has 0 bridgehead atoms. The van der Waals surface area contributed by atoms with Crippen molar-refractivity contribution in [2.45, 2.75) is 26.2 Å². The van der Waals surface area contributed by atoms with Crippen molar-refractivity contribution in [1.82, 2.24) is 14.3 Å². The van der Waals surface area contributed by atoms with Crippen molar-refractivity contribution in [3.63, 3.8) is 0 Å². The molecule has 0 radical (unpaired) electrons. The van der Waals surface area contributed by atoms with E-state index in [4.69, 9.17) is 5.73 Å². The summed E-state index contributed by atoms with van der Waals surface area (Å²) in [6, 6.07) is 1.59. The monoisotopic (exact) mass is 301 g/mol. The summed E-state index contributed by atoms with van der Waals surface area (Å²) in [6.07, 6.45) is 0. The second-order valence-electron chi connectivity index (χ2n) is 5.78. The quantitative estimate of drug-likeness (QED) is 0.828. The molecule has 7 nitrogen and oxygen atoms in total. The van der Waals surface area contributed by atoms with Crippen LogP contribution in [0.5, 0.6) is 0 Å². The van der Waals surface area contributed by atoms with Crippen molar-refractivity contribution < 1.29 is 8.42 Å². The van der Waals surface area contributed by atoms with Crippen LogP contribution in [0.15, 0.2) is 6.07 Å². The van der Waals surface area contributed by atoms with Crippen molar-refractivity contribution in [3.8, 4) is 0 Å². The average molecular weight is 301 g/mol. The maximum atomic E-state index is 11.6. The van der Waals surface area contributed by atoms with Gasteiger partial charge >= 0.3 is 0 Å². The van der Waals surface area contributed by atoms with Crippen LogP contribution in [0.4, 0.5) is 11.6 Å². The van der Waals surface area contributed by atoms with E-state index >= 15 is 0 Å². The second-order valence-corrected chi connectivity index (χ2v) is 8.08. The third kappa shape index (κ3) is 4.61. The van der Waals surface area contributed by atoms with Gasteiger partial charge in [-0.3, -0.25) is 0 Å². The minimum Gasteiger partial charge on any atom is -0.384 e. The number of nitrogen functional groups attached to an aromatic ring is 1. The molecule has 0 amide bonds. The van der Waals surface area contributed by atoms with Gasteiger partial charge in [0.05, 0.1) is 5.75 Å². The normalized spacial score (nSPS) is 12.7. The molecule has 1 aromatic rings. The Balaban J connectivity index is 2.77. The fourth-order valence-electron chi connectivity index (χ4n) is 1.38. The summed E-state index contributed by atoms with van der Waals surface area (Å²) >= 11 is 0. The molecule has 0 spiro atoms. The van der Waals surface area contributed by atoms with Crippen LogP contribution in [-0.4, -0.2) is 49.1 Å². The molecule has 20 heavy (non-hydrogen) atoms. The lowest BCUT2D eigenvalue weighted by molar-refractivity contribution is 0.521. The number of nitrogens with zero attached hydrogens (tertiary/aromatic N) is 3. The molecular weight excluding hydrogens is 278 g/mol. The minimum atomic E-state index is -3.22. The van der Waals surface area contributed by atoms with Crippen LogP contribution >= 0.6 is 0 Å². The molecule has 1 aromatic heterocycles. The molecule has 0 aliphatic carbocycles. The first kappa shape index (κ1) is 16.6. The van der Waals surface area contributed by atoms with Gasteiger partial charge < -0.3 is 11.1 Å². The Bertz CT molecular complexity index is 564. The Hall–Kier alpha value is -1.41. The molecule has 114 valence electrons. The van der Waals surface area contributed by atoms with Crippen LogP contribution < -0.4 is 11.1 Å². The average Bonchev–Trinajstić information content (AvgIpc) is 2.26. The first-order chi connectivity index (χ1) is 9.02. The van der Waals surface area contributed by atoms with Gasteiger partial charge in [0, 0.05) is 32.1 Å². The molecule has 1 heterocycles. The Kier molecular flexibility index (Phi) is 4.93. The highest BCUT2D eigenvalue weighted by Crippen LogP contribution is 2.21. The van der Waals surface area contributed by atoms with Crippen LogP contribution in [0.25, 0.3) is 0 Å². The van der Waals surface area contributed by atoms with Crippen molar-refractivity contribution in [2.24, 2.45) is 0 Å². The van der Waals surface area contributed by atoms with Crippen molar-refractivity contribution >= 4 is 21.7 Å². The number of hydrogen-bond donors (Lipinski definition) is 2. The Labute approximate surface area is 120 Å². The fraction of sp³-hybridized carbons (Fsp3) is 0.667. The summed E-state index contributed by atoms with van der Waals surface area (Å²) in [5.74, 6) is 1.52. The van der Waals surface area contributed by atoms with Gasteiger partial charge in [-0.25, -0.2) is 22.7 Å². The maximum Gasteiger partial charge on any atom is 0.215 e. The SMILES string of the molecule is CN(C)S(=O)(=O)CCNc1cc(N)nc(C(C)(C)C)n1. The van der Waals surface area contributed by atoms with E-state index in [1.54, 1.807) is 6.07 Å². The second kappa shape index (κ2) is 5.92. The van der Waals surface area contributed by atoms with Gasteiger partial charge in [-0.1, -0.05) is 20.8 Å². The van der Waals surface area contributed by atoms with Crippen LogP contribution in [0.2, 0.25) is 0 Å². The van der Waals surface area contributed by atoms with Gasteiger partial charge in [0.2, 0.25) is 10.0 Å². The van der Waals surface area contributed by atoms with Crippen molar-refractivity contribution in [1.29, 1.82) is 0 Å². The number of rotatable bonds is 5. The largest absolute Gasteiger partial charge is 0.384 e. The molecular formula is C12H23N5O2S. The van der Waals surface area contributed by atoms with E-state index in [0.29, 0.717) is 17.5 Å². The highest BCUT2D eigenvalue weighted by atomic mass is 32.2. The summed E-state index contributed by atoms with van der Waals surface area (Å²) in [5.41, 5.74) is 5.52. The van der Waals surface area contributed by atoms with E-state index in [1.807, 2.05) is 20.8 Å². The zero-order valence-electron chi connectivity index (χ0n) is 12.6. The van der Waals surface area contributed by atoms with Gasteiger partial charge in [0.1, 0.15) is 17.5 Å².